The maximum atomic E-state index is 12.3. The van der Waals surface area contributed by atoms with Crippen LogP contribution >= 0.6 is 11.3 Å². The van der Waals surface area contributed by atoms with Crippen molar-refractivity contribution in [2.75, 3.05) is 32.8 Å². The number of likely N-dealkylation sites (tertiary alicyclic amines) is 1. The number of amides is 2. The molecule has 1 aromatic heterocycles. The fourth-order valence-electron chi connectivity index (χ4n) is 3.64. The van der Waals surface area contributed by atoms with Crippen molar-refractivity contribution < 1.29 is 32.6 Å². The van der Waals surface area contributed by atoms with Gasteiger partial charge in [-0.3, -0.25) is 4.90 Å². The predicted molar refractivity (Wildman–Crippen MR) is 109 cm³/mol. The van der Waals surface area contributed by atoms with Crippen LogP contribution in [0.25, 0.3) is 0 Å². The quantitative estimate of drug-likeness (QED) is 0.712. The summed E-state index contributed by atoms with van der Waals surface area (Å²) in [6.07, 6.45) is -2.96. The molecule has 2 fully saturated rings. The largest absolute Gasteiger partial charge is 0.490 e. The summed E-state index contributed by atoms with van der Waals surface area (Å²) < 4.78 is 37.9. The maximum absolute atomic E-state index is 12.3. The molecule has 1 aromatic rings. The number of halogens is 3. The number of aryl methyl sites for hydroxylation is 1. The number of aromatic nitrogens is 1. The number of nitrogens with zero attached hydrogens (tertiary/aromatic N) is 3. The van der Waals surface area contributed by atoms with Crippen LogP contribution in [0.2, 0.25) is 0 Å². The molecule has 1 spiro atoms. The highest BCUT2D eigenvalue weighted by Crippen LogP contribution is 2.30. The molecule has 31 heavy (non-hydrogen) atoms. The average molecular weight is 467 g/mol. The van der Waals surface area contributed by atoms with Gasteiger partial charge in [-0.1, -0.05) is 0 Å². The van der Waals surface area contributed by atoms with Gasteiger partial charge in [0.25, 0.3) is 0 Å². The van der Waals surface area contributed by atoms with Gasteiger partial charge in [-0.05, 0) is 40.2 Å². The fourth-order valence-corrected chi connectivity index (χ4v) is 4.24. The SMILES string of the molecule is Cc1nc(CN2CCCC3(C2)CN(C(=O)NC(C)C)CCO3)cs1.O=C(O)C(F)(F)F. The molecule has 2 aliphatic heterocycles. The van der Waals surface area contributed by atoms with Gasteiger partial charge in [-0.2, -0.15) is 13.2 Å². The first-order valence-corrected chi connectivity index (χ1v) is 10.9. The molecule has 1 atom stereocenters. The third-order valence-electron chi connectivity index (χ3n) is 4.86. The number of carboxylic acids is 1. The Bertz CT molecular complexity index is 755. The number of carboxylic acid groups (broad SMARTS) is 1. The third kappa shape index (κ3) is 7.93. The number of piperidine rings is 1. The molecule has 0 bridgehead atoms. The van der Waals surface area contributed by atoms with Gasteiger partial charge in [-0.25, -0.2) is 14.6 Å². The van der Waals surface area contributed by atoms with Crippen LogP contribution in [-0.4, -0.2) is 82.5 Å². The van der Waals surface area contributed by atoms with Crippen molar-refractivity contribution in [1.82, 2.24) is 20.1 Å². The van der Waals surface area contributed by atoms with Gasteiger partial charge in [0.2, 0.25) is 0 Å². The van der Waals surface area contributed by atoms with E-state index in [1.165, 1.54) is 0 Å². The molecule has 0 aliphatic carbocycles. The molecule has 0 aromatic carbocycles. The summed E-state index contributed by atoms with van der Waals surface area (Å²) in [5, 5.41) is 13.4. The van der Waals surface area contributed by atoms with Crippen molar-refractivity contribution in [2.24, 2.45) is 0 Å². The van der Waals surface area contributed by atoms with E-state index < -0.39 is 12.1 Å². The molecule has 3 rings (SSSR count). The summed E-state index contributed by atoms with van der Waals surface area (Å²) >= 11 is 1.70. The molecule has 2 saturated heterocycles. The first-order chi connectivity index (χ1) is 14.4. The number of carbonyl (C=O) groups excluding carboxylic acids is 1. The Labute approximate surface area is 183 Å². The number of hydrogen-bond donors (Lipinski definition) is 2. The van der Waals surface area contributed by atoms with Crippen molar-refractivity contribution >= 4 is 23.3 Å². The van der Waals surface area contributed by atoms with Gasteiger partial charge < -0.3 is 20.1 Å². The van der Waals surface area contributed by atoms with Crippen molar-refractivity contribution in [3.8, 4) is 0 Å². The van der Waals surface area contributed by atoms with E-state index in [0.29, 0.717) is 19.7 Å². The lowest BCUT2D eigenvalue weighted by molar-refractivity contribution is -0.192. The minimum atomic E-state index is -5.08. The number of ether oxygens (including phenoxy) is 1. The zero-order chi connectivity index (χ0) is 23.2. The number of alkyl halides is 3. The van der Waals surface area contributed by atoms with E-state index in [1.54, 1.807) is 11.3 Å². The van der Waals surface area contributed by atoms with Crippen LogP contribution in [0.5, 0.6) is 0 Å². The second-order valence-electron chi connectivity index (χ2n) is 8.03. The van der Waals surface area contributed by atoms with E-state index >= 15 is 0 Å². The van der Waals surface area contributed by atoms with E-state index in [4.69, 9.17) is 14.6 Å². The van der Waals surface area contributed by atoms with E-state index in [1.807, 2.05) is 25.7 Å². The Morgan fingerprint density at radius 2 is 2.03 bits per heavy atom. The molecule has 2 amide bonds. The molecule has 0 saturated carbocycles. The molecule has 0 radical (unpaired) electrons. The summed E-state index contributed by atoms with van der Waals surface area (Å²) in [7, 11) is 0. The number of rotatable bonds is 3. The second kappa shape index (κ2) is 10.6. The normalized spacial score (nSPS) is 22.2. The van der Waals surface area contributed by atoms with Crippen LogP contribution in [0.4, 0.5) is 18.0 Å². The van der Waals surface area contributed by atoms with E-state index in [-0.39, 0.29) is 17.7 Å². The third-order valence-corrected chi connectivity index (χ3v) is 5.68. The molecule has 176 valence electrons. The lowest BCUT2D eigenvalue weighted by Gasteiger charge is -2.48. The van der Waals surface area contributed by atoms with Crippen LogP contribution in [0.3, 0.4) is 0 Å². The summed E-state index contributed by atoms with van der Waals surface area (Å²) in [5.41, 5.74) is 0.912. The number of thiazole rings is 1. The molecule has 1 unspecified atom stereocenters. The van der Waals surface area contributed by atoms with Gasteiger partial charge in [-0.15, -0.1) is 11.3 Å². The average Bonchev–Trinajstić information content (AvgIpc) is 3.05. The van der Waals surface area contributed by atoms with Crippen LogP contribution in [0, 0.1) is 6.92 Å². The minimum absolute atomic E-state index is 0.0277. The molecule has 2 aliphatic rings. The molecular weight excluding hydrogens is 437 g/mol. The second-order valence-corrected chi connectivity index (χ2v) is 9.09. The Hall–Kier alpha value is -1.92. The van der Waals surface area contributed by atoms with Gasteiger partial charge in [0.15, 0.2) is 0 Å². The summed E-state index contributed by atoms with van der Waals surface area (Å²) in [4.78, 5) is 30.2. The molecule has 3 heterocycles. The topological polar surface area (TPSA) is 95.0 Å². The van der Waals surface area contributed by atoms with Gasteiger partial charge >= 0.3 is 18.2 Å². The predicted octanol–water partition coefficient (Wildman–Crippen LogP) is 2.87. The van der Waals surface area contributed by atoms with Crippen LogP contribution < -0.4 is 5.32 Å². The molecule has 8 nitrogen and oxygen atoms in total. The summed E-state index contributed by atoms with van der Waals surface area (Å²) in [6.45, 7) is 10.8. The smallest absolute Gasteiger partial charge is 0.475 e. The monoisotopic (exact) mass is 466 g/mol. The highest BCUT2D eigenvalue weighted by atomic mass is 32.1. The number of hydrogen-bond acceptors (Lipinski definition) is 6. The maximum Gasteiger partial charge on any atom is 0.490 e. The van der Waals surface area contributed by atoms with Gasteiger partial charge in [0, 0.05) is 31.1 Å². The van der Waals surface area contributed by atoms with Crippen molar-refractivity contribution in [1.29, 1.82) is 0 Å². The van der Waals surface area contributed by atoms with Gasteiger partial charge in [0.1, 0.15) is 0 Å². The standard InChI is InChI=1S/C17H28N4O2S.C2HF3O2/c1-13(2)18-16(22)21-7-8-23-17(12-21)5-4-6-20(11-17)9-15-10-24-14(3)19-15;3-2(4,5)1(6)7/h10,13H,4-9,11-12H2,1-3H3,(H,18,22);(H,6,7). The number of carbonyl (C=O) groups is 2. The van der Waals surface area contributed by atoms with Crippen molar-refractivity contribution in [3.05, 3.63) is 16.1 Å². The van der Waals surface area contributed by atoms with Gasteiger partial charge in [0.05, 0.1) is 29.5 Å². The lowest BCUT2D eigenvalue weighted by atomic mass is 9.90. The fraction of sp³-hybridized carbons (Fsp3) is 0.737. The lowest BCUT2D eigenvalue weighted by Crippen LogP contribution is -2.62. The Balaban J connectivity index is 0.000000423. The minimum Gasteiger partial charge on any atom is -0.475 e. The van der Waals surface area contributed by atoms with Crippen LogP contribution in [0.1, 0.15) is 37.4 Å². The van der Waals surface area contributed by atoms with Crippen molar-refractivity contribution in [2.45, 2.75) is 58.0 Å². The number of nitrogens with one attached hydrogen (secondary N) is 1. The molecule has 12 heteroatoms. The van der Waals surface area contributed by atoms with E-state index in [0.717, 1.165) is 43.2 Å². The number of urea groups is 1. The van der Waals surface area contributed by atoms with Crippen molar-refractivity contribution in [3.63, 3.8) is 0 Å². The summed E-state index contributed by atoms with van der Waals surface area (Å²) in [6, 6.07) is 0.187. The first kappa shape index (κ1) is 25.3. The first-order valence-electron chi connectivity index (χ1n) is 10.0. The van der Waals surface area contributed by atoms with E-state index in [9.17, 15) is 18.0 Å². The number of aliphatic carboxylic acids is 1. The van der Waals surface area contributed by atoms with E-state index in [2.05, 4.69) is 20.6 Å². The Morgan fingerprint density at radius 1 is 1.35 bits per heavy atom. The van der Waals surface area contributed by atoms with Crippen LogP contribution in [0.15, 0.2) is 5.38 Å². The zero-order valence-electron chi connectivity index (χ0n) is 17.9. The van der Waals surface area contributed by atoms with Crippen LogP contribution in [-0.2, 0) is 16.1 Å². The highest BCUT2D eigenvalue weighted by Gasteiger charge is 2.42. The Morgan fingerprint density at radius 3 is 2.58 bits per heavy atom. The number of morpholine rings is 1. The highest BCUT2D eigenvalue weighted by molar-refractivity contribution is 7.09. The summed E-state index contributed by atoms with van der Waals surface area (Å²) in [5.74, 6) is -2.76. The molecular formula is C19H29F3N4O4S. The molecule has 2 N–H and O–H groups in total. The Kier molecular flexibility index (Phi) is 8.66. The zero-order valence-corrected chi connectivity index (χ0v) is 18.7.